The summed E-state index contributed by atoms with van der Waals surface area (Å²) in [6.07, 6.45) is 3.22. The number of carbonyl (C=O) groups is 3. The molecule has 2 aromatic carbocycles. The van der Waals surface area contributed by atoms with Gasteiger partial charge in [-0.3, -0.25) is 14.4 Å². The second-order valence-electron chi connectivity index (χ2n) is 14.8. The fourth-order valence-electron chi connectivity index (χ4n) is 4.35. The smallest absolute Gasteiger partial charge is 0.316 e. The number of benzene rings is 2. The number of Topliss-reactive ketones (excluding diaryl/α,β-unsaturated/α-hetero) is 1. The normalized spacial score (nSPS) is 12.9. The second kappa shape index (κ2) is 14.2. The highest BCUT2D eigenvalue weighted by molar-refractivity contribution is 6.10. The zero-order valence-electron chi connectivity index (χ0n) is 29.9. The van der Waals surface area contributed by atoms with Crippen molar-refractivity contribution in [3.05, 3.63) is 58.3 Å². The predicted molar refractivity (Wildman–Crippen MR) is 180 cm³/mol. The largest absolute Gasteiger partial charge is 0.493 e. The molecule has 0 heterocycles. The van der Waals surface area contributed by atoms with Gasteiger partial charge in [0.2, 0.25) is 5.78 Å². The van der Waals surface area contributed by atoms with Gasteiger partial charge in [-0.1, -0.05) is 41.5 Å². The average molecular weight is 623 g/mol. The molecule has 45 heavy (non-hydrogen) atoms. The summed E-state index contributed by atoms with van der Waals surface area (Å²) in [6, 6.07) is 8.36. The summed E-state index contributed by atoms with van der Waals surface area (Å²) in [4.78, 5) is 39.4. The van der Waals surface area contributed by atoms with Gasteiger partial charge in [0.05, 0.1) is 24.5 Å². The van der Waals surface area contributed by atoms with Crippen LogP contribution in [0.2, 0.25) is 0 Å². The molecular formula is C38H54O7. The Morgan fingerprint density at radius 3 is 1.67 bits per heavy atom. The van der Waals surface area contributed by atoms with Gasteiger partial charge in [-0.2, -0.15) is 0 Å². The molecule has 0 unspecified atom stereocenters. The summed E-state index contributed by atoms with van der Waals surface area (Å²) >= 11 is 0. The maximum absolute atomic E-state index is 13.7. The van der Waals surface area contributed by atoms with Gasteiger partial charge in [-0.25, -0.2) is 0 Å². The Morgan fingerprint density at radius 2 is 1.22 bits per heavy atom. The van der Waals surface area contributed by atoms with Crippen molar-refractivity contribution in [1.29, 1.82) is 0 Å². The zero-order chi connectivity index (χ0) is 34.5. The van der Waals surface area contributed by atoms with Crippen molar-refractivity contribution in [2.45, 2.75) is 114 Å². The Labute approximate surface area is 270 Å². The first-order valence-corrected chi connectivity index (χ1v) is 15.8. The molecule has 248 valence electrons. The number of allylic oxidation sites excluding steroid dienone is 1. The zero-order valence-corrected chi connectivity index (χ0v) is 29.9. The third kappa shape index (κ3) is 8.99. The van der Waals surface area contributed by atoms with Gasteiger partial charge in [-0.15, -0.1) is 0 Å². The molecule has 7 nitrogen and oxygen atoms in total. The van der Waals surface area contributed by atoms with E-state index in [2.05, 4.69) is 41.5 Å². The topological polar surface area (TPSA) is 88.1 Å². The Kier molecular flexibility index (Phi) is 11.9. The molecule has 0 bridgehead atoms. The highest BCUT2D eigenvalue weighted by atomic mass is 16.5. The maximum Gasteiger partial charge on any atom is 0.316 e. The van der Waals surface area contributed by atoms with Crippen LogP contribution in [-0.4, -0.2) is 31.4 Å². The minimum atomic E-state index is -0.720. The lowest BCUT2D eigenvalue weighted by Crippen LogP contribution is -2.30. The Hall–Kier alpha value is -3.61. The molecule has 0 amide bonds. The highest BCUT2D eigenvalue weighted by Gasteiger charge is 2.37. The molecule has 0 fully saturated rings. The van der Waals surface area contributed by atoms with Gasteiger partial charge >= 0.3 is 11.9 Å². The molecule has 0 aromatic heterocycles. The van der Waals surface area contributed by atoms with E-state index >= 15 is 0 Å². The number of hydrogen-bond donors (Lipinski definition) is 0. The Morgan fingerprint density at radius 1 is 0.711 bits per heavy atom. The van der Waals surface area contributed by atoms with Crippen LogP contribution in [0.4, 0.5) is 0 Å². The molecule has 0 aliphatic rings. The molecule has 2 aromatic rings. The van der Waals surface area contributed by atoms with Crippen LogP contribution >= 0.6 is 0 Å². The minimum Gasteiger partial charge on any atom is -0.493 e. The lowest BCUT2D eigenvalue weighted by molar-refractivity contribution is -0.143. The van der Waals surface area contributed by atoms with Crippen molar-refractivity contribution in [2.24, 2.45) is 10.8 Å². The van der Waals surface area contributed by atoms with Crippen LogP contribution in [0.25, 0.3) is 6.08 Å². The molecular weight excluding hydrogens is 568 g/mol. The summed E-state index contributed by atoms with van der Waals surface area (Å²) in [7, 11) is 1.46. The number of ketones is 1. The number of carbonyl (C=O) groups excluding carboxylic acids is 3. The summed E-state index contributed by atoms with van der Waals surface area (Å²) < 4.78 is 23.8. The van der Waals surface area contributed by atoms with Crippen LogP contribution in [0.3, 0.4) is 0 Å². The van der Waals surface area contributed by atoms with Gasteiger partial charge in [0, 0.05) is 22.3 Å². The summed E-state index contributed by atoms with van der Waals surface area (Å²) in [5.74, 6) is 0.476. The van der Waals surface area contributed by atoms with Crippen LogP contribution in [0.1, 0.15) is 130 Å². The van der Waals surface area contributed by atoms with E-state index in [9.17, 15) is 14.4 Å². The molecule has 0 aliphatic heterocycles. The molecule has 0 spiro atoms. The van der Waals surface area contributed by atoms with Gasteiger partial charge in [0.25, 0.3) is 0 Å². The molecule has 0 saturated heterocycles. The number of esters is 2. The lowest BCUT2D eigenvalue weighted by Gasteiger charge is -2.35. The summed E-state index contributed by atoms with van der Waals surface area (Å²) in [5, 5.41) is 0. The van der Waals surface area contributed by atoms with Crippen molar-refractivity contribution in [3.63, 3.8) is 0 Å². The first-order chi connectivity index (χ1) is 20.6. The molecule has 0 aliphatic carbocycles. The van der Waals surface area contributed by atoms with E-state index in [4.69, 9.17) is 18.9 Å². The summed E-state index contributed by atoms with van der Waals surface area (Å²) in [6.45, 7) is 25.7. The number of hydrogen-bond acceptors (Lipinski definition) is 7. The average Bonchev–Trinajstić information content (AvgIpc) is 2.95. The van der Waals surface area contributed by atoms with E-state index in [1.54, 1.807) is 51.1 Å². The van der Waals surface area contributed by atoms with E-state index in [0.717, 1.165) is 24.0 Å². The first-order valence-electron chi connectivity index (χ1n) is 15.8. The van der Waals surface area contributed by atoms with Gasteiger partial charge in [-0.05, 0) is 109 Å². The van der Waals surface area contributed by atoms with E-state index in [1.807, 2.05) is 33.8 Å². The Bertz CT molecular complexity index is 1410. The van der Waals surface area contributed by atoms with E-state index in [0.29, 0.717) is 35.0 Å². The van der Waals surface area contributed by atoms with Crippen LogP contribution in [0, 0.1) is 10.8 Å². The van der Waals surface area contributed by atoms with Crippen molar-refractivity contribution in [3.8, 4) is 17.2 Å². The third-order valence-corrected chi connectivity index (χ3v) is 8.20. The van der Waals surface area contributed by atoms with Gasteiger partial charge < -0.3 is 18.9 Å². The SMILES string of the molecule is CCOc1c(C=C(OC)C(=O)c2ccc(OC(=O)C(C)(C)C)cc2)cc(C(C)(C)CC)c(OC(=O)C(C)(C)C)c1C(C)(C)CC. The van der Waals surface area contributed by atoms with Crippen LogP contribution < -0.4 is 14.2 Å². The number of ether oxygens (including phenoxy) is 4. The summed E-state index contributed by atoms with van der Waals surface area (Å²) in [5.41, 5.74) is 0.452. The van der Waals surface area contributed by atoms with Crippen LogP contribution in [0.15, 0.2) is 36.1 Å². The monoisotopic (exact) mass is 622 g/mol. The fraction of sp³-hybridized carbons (Fsp3) is 0.553. The fourth-order valence-corrected chi connectivity index (χ4v) is 4.35. The minimum absolute atomic E-state index is 0.107. The molecule has 7 heteroatoms. The van der Waals surface area contributed by atoms with Crippen molar-refractivity contribution >= 4 is 23.8 Å². The molecule has 2 rings (SSSR count). The van der Waals surface area contributed by atoms with E-state index < -0.39 is 16.2 Å². The highest BCUT2D eigenvalue weighted by Crippen LogP contribution is 2.50. The third-order valence-electron chi connectivity index (χ3n) is 8.20. The molecule has 0 N–H and O–H groups in total. The second-order valence-corrected chi connectivity index (χ2v) is 14.8. The van der Waals surface area contributed by atoms with Crippen molar-refractivity contribution in [1.82, 2.24) is 0 Å². The van der Waals surface area contributed by atoms with Crippen molar-refractivity contribution < 1.29 is 33.3 Å². The first kappa shape index (κ1) is 37.6. The molecule has 0 saturated carbocycles. The lowest BCUT2D eigenvalue weighted by atomic mass is 9.74. The van der Waals surface area contributed by atoms with Crippen LogP contribution in [-0.2, 0) is 25.2 Å². The molecule has 0 atom stereocenters. The maximum atomic E-state index is 13.7. The quantitative estimate of drug-likeness (QED) is 0.0766. The standard InChI is InChI=1S/C38H54O7/c1-15-37(10,11)27-22-25(31(43-17-3)29(38(12,13)16-2)32(27)45-34(41)36(7,8)9)23-28(42-14)30(39)24-18-20-26(21-19-24)44-33(40)35(4,5)6/h18-23H,15-17H2,1-14H3. The van der Waals surface area contributed by atoms with Crippen LogP contribution in [0.5, 0.6) is 17.2 Å². The predicted octanol–water partition coefficient (Wildman–Crippen LogP) is 9.23. The van der Waals surface area contributed by atoms with Gasteiger partial charge in [0.15, 0.2) is 5.76 Å². The number of methoxy groups -OCH3 is 1. The van der Waals surface area contributed by atoms with E-state index in [1.165, 1.54) is 7.11 Å². The number of rotatable bonds is 12. The van der Waals surface area contributed by atoms with Gasteiger partial charge in [0.1, 0.15) is 17.2 Å². The Balaban J connectivity index is 2.86. The van der Waals surface area contributed by atoms with Crippen molar-refractivity contribution in [2.75, 3.05) is 13.7 Å². The molecule has 0 radical (unpaired) electrons. The van der Waals surface area contributed by atoms with E-state index in [-0.39, 0.29) is 28.9 Å².